The largest absolute Gasteiger partial charge is 0.467 e. The summed E-state index contributed by atoms with van der Waals surface area (Å²) in [5.41, 5.74) is 1.67. The molecule has 7 heteroatoms. The van der Waals surface area contributed by atoms with Crippen molar-refractivity contribution >= 4 is 11.7 Å². The summed E-state index contributed by atoms with van der Waals surface area (Å²) in [4.78, 5) is 11.3. The smallest absolute Gasteiger partial charge is 0.327 e. The molecule has 1 aromatic heterocycles. The Kier molecular flexibility index (Phi) is 3.52. The van der Waals surface area contributed by atoms with E-state index >= 15 is 0 Å². The number of aromatic nitrogens is 4. The number of hydrogen-bond acceptors (Lipinski definition) is 6. The van der Waals surface area contributed by atoms with Crippen LogP contribution in [0, 0.1) is 0 Å². The molecule has 0 aliphatic heterocycles. The van der Waals surface area contributed by atoms with Crippen LogP contribution in [-0.2, 0) is 9.53 Å². The Morgan fingerprint density at radius 3 is 2.67 bits per heavy atom. The zero-order valence-electron chi connectivity index (χ0n) is 10.1. The van der Waals surface area contributed by atoms with Crippen LogP contribution < -0.4 is 5.32 Å². The molecule has 18 heavy (non-hydrogen) atoms. The standard InChI is InChI=1S/C11H13N5O2/c1-8(11(17)18-2)13-9-3-5-10(6-4-9)16-7-12-14-15-16/h3-8,13H,1-2H3. The van der Waals surface area contributed by atoms with Crippen LogP contribution in [0.2, 0.25) is 0 Å². The summed E-state index contributed by atoms with van der Waals surface area (Å²) in [5.74, 6) is -0.306. The Bertz CT molecular complexity index is 509. The van der Waals surface area contributed by atoms with Crippen LogP contribution in [0.15, 0.2) is 30.6 Å². The molecule has 94 valence electrons. The molecule has 0 radical (unpaired) electrons. The molecular weight excluding hydrogens is 234 g/mol. The lowest BCUT2D eigenvalue weighted by Gasteiger charge is -2.13. The van der Waals surface area contributed by atoms with Crippen molar-refractivity contribution < 1.29 is 9.53 Å². The minimum atomic E-state index is -0.395. The number of tetrazole rings is 1. The molecule has 0 spiro atoms. The number of nitrogens with one attached hydrogen (secondary N) is 1. The van der Waals surface area contributed by atoms with Gasteiger partial charge < -0.3 is 10.1 Å². The summed E-state index contributed by atoms with van der Waals surface area (Å²) >= 11 is 0. The summed E-state index contributed by atoms with van der Waals surface area (Å²) in [6, 6.07) is 6.99. The van der Waals surface area contributed by atoms with Crippen molar-refractivity contribution in [1.82, 2.24) is 20.2 Å². The minimum absolute atomic E-state index is 0.306. The molecule has 1 heterocycles. The molecule has 1 atom stereocenters. The Morgan fingerprint density at radius 1 is 1.39 bits per heavy atom. The van der Waals surface area contributed by atoms with Gasteiger partial charge in [-0.3, -0.25) is 0 Å². The second-order valence-corrected chi connectivity index (χ2v) is 3.69. The Balaban J connectivity index is 2.06. The maximum Gasteiger partial charge on any atom is 0.327 e. The van der Waals surface area contributed by atoms with Gasteiger partial charge in [-0.15, -0.1) is 5.10 Å². The molecule has 0 saturated heterocycles. The monoisotopic (exact) mass is 247 g/mol. The lowest BCUT2D eigenvalue weighted by molar-refractivity contribution is -0.141. The lowest BCUT2D eigenvalue weighted by atomic mass is 10.2. The van der Waals surface area contributed by atoms with E-state index in [9.17, 15) is 4.79 Å². The van der Waals surface area contributed by atoms with E-state index in [2.05, 4.69) is 25.6 Å². The van der Waals surface area contributed by atoms with E-state index in [1.54, 1.807) is 11.6 Å². The van der Waals surface area contributed by atoms with Crippen LogP contribution in [0.1, 0.15) is 6.92 Å². The van der Waals surface area contributed by atoms with Crippen molar-refractivity contribution in [2.75, 3.05) is 12.4 Å². The summed E-state index contributed by atoms with van der Waals surface area (Å²) < 4.78 is 6.18. The molecular formula is C11H13N5O2. The molecule has 0 fully saturated rings. The summed E-state index contributed by atoms with van der Waals surface area (Å²) in [5, 5.41) is 13.9. The molecule has 1 N–H and O–H groups in total. The van der Waals surface area contributed by atoms with Gasteiger partial charge in [0.1, 0.15) is 12.4 Å². The van der Waals surface area contributed by atoms with E-state index in [0.717, 1.165) is 11.4 Å². The Labute approximate surface area is 104 Å². The maximum absolute atomic E-state index is 11.3. The Hall–Kier alpha value is -2.44. The number of anilines is 1. The van der Waals surface area contributed by atoms with Gasteiger partial charge in [0, 0.05) is 5.69 Å². The molecule has 0 aliphatic carbocycles. The molecule has 2 aromatic rings. The number of carbonyl (C=O) groups is 1. The number of rotatable bonds is 4. The van der Waals surface area contributed by atoms with Crippen molar-refractivity contribution in [3.05, 3.63) is 30.6 Å². The van der Waals surface area contributed by atoms with Gasteiger partial charge in [0.2, 0.25) is 0 Å². The topological polar surface area (TPSA) is 81.9 Å². The van der Waals surface area contributed by atoms with Crippen LogP contribution in [0.25, 0.3) is 5.69 Å². The third-order valence-electron chi connectivity index (χ3n) is 2.42. The molecule has 7 nitrogen and oxygen atoms in total. The van der Waals surface area contributed by atoms with Gasteiger partial charge in [0.15, 0.2) is 0 Å². The average Bonchev–Trinajstić information content (AvgIpc) is 2.92. The SMILES string of the molecule is COC(=O)C(C)Nc1ccc(-n2cnnn2)cc1. The molecule has 0 amide bonds. The second kappa shape index (κ2) is 5.26. The summed E-state index contributed by atoms with van der Waals surface area (Å²) in [6.45, 7) is 1.74. The highest BCUT2D eigenvalue weighted by Gasteiger charge is 2.12. The number of nitrogens with zero attached hydrogens (tertiary/aromatic N) is 4. The summed E-state index contributed by atoms with van der Waals surface area (Å²) in [7, 11) is 1.36. The van der Waals surface area contributed by atoms with Gasteiger partial charge in [-0.05, 0) is 41.6 Å². The van der Waals surface area contributed by atoms with E-state index in [1.807, 2.05) is 24.3 Å². The third kappa shape index (κ3) is 2.62. The minimum Gasteiger partial charge on any atom is -0.467 e. The molecule has 0 bridgehead atoms. The van der Waals surface area contributed by atoms with Crippen molar-refractivity contribution in [1.29, 1.82) is 0 Å². The van der Waals surface area contributed by atoms with Crippen LogP contribution in [0.4, 0.5) is 5.69 Å². The first kappa shape index (κ1) is 12.0. The van der Waals surface area contributed by atoms with Gasteiger partial charge in [-0.1, -0.05) is 0 Å². The number of esters is 1. The highest BCUT2D eigenvalue weighted by Crippen LogP contribution is 2.13. The number of methoxy groups -OCH3 is 1. The highest BCUT2D eigenvalue weighted by atomic mass is 16.5. The van der Waals surface area contributed by atoms with Crippen molar-refractivity contribution in [3.8, 4) is 5.69 Å². The first-order chi connectivity index (χ1) is 8.70. The van der Waals surface area contributed by atoms with Crippen LogP contribution in [0.5, 0.6) is 0 Å². The fourth-order valence-corrected chi connectivity index (χ4v) is 1.48. The second-order valence-electron chi connectivity index (χ2n) is 3.69. The lowest BCUT2D eigenvalue weighted by Crippen LogP contribution is -2.27. The van der Waals surface area contributed by atoms with Gasteiger partial charge in [0.25, 0.3) is 0 Å². The number of benzene rings is 1. The van der Waals surface area contributed by atoms with Gasteiger partial charge in [0.05, 0.1) is 12.8 Å². The summed E-state index contributed by atoms with van der Waals surface area (Å²) in [6.07, 6.45) is 1.51. The quantitative estimate of drug-likeness (QED) is 0.798. The maximum atomic E-state index is 11.3. The number of ether oxygens (including phenoxy) is 1. The predicted octanol–water partition coefficient (Wildman–Crippen LogP) is 0.636. The van der Waals surface area contributed by atoms with Gasteiger partial charge in [-0.25, -0.2) is 9.48 Å². The van der Waals surface area contributed by atoms with E-state index in [-0.39, 0.29) is 5.97 Å². The molecule has 0 aliphatic rings. The fourth-order valence-electron chi connectivity index (χ4n) is 1.48. The van der Waals surface area contributed by atoms with E-state index in [1.165, 1.54) is 13.4 Å². The third-order valence-corrected chi connectivity index (χ3v) is 2.42. The average molecular weight is 247 g/mol. The molecule has 1 aromatic carbocycles. The molecule has 0 saturated carbocycles. The van der Waals surface area contributed by atoms with Gasteiger partial charge in [-0.2, -0.15) is 0 Å². The molecule has 2 rings (SSSR count). The van der Waals surface area contributed by atoms with Crippen LogP contribution in [-0.4, -0.2) is 39.3 Å². The van der Waals surface area contributed by atoms with Crippen molar-refractivity contribution in [2.24, 2.45) is 0 Å². The van der Waals surface area contributed by atoms with E-state index in [0.29, 0.717) is 0 Å². The zero-order valence-corrected chi connectivity index (χ0v) is 10.1. The first-order valence-corrected chi connectivity index (χ1v) is 5.38. The number of carbonyl (C=O) groups excluding carboxylic acids is 1. The normalized spacial score (nSPS) is 11.9. The highest BCUT2D eigenvalue weighted by molar-refractivity contribution is 5.78. The van der Waals surface area contributed by atoms with Crippen molar-refractivity contribution in [3.63, 3.8) is 0 Å². The van der Waals surface area contributed by atoms with E-state index in [4.69, 9.17) is 0 Å². The van der Waals surface area contributed by atoms with Crippen molar-refractivity contribution in [2.45, 2.75) is 13.0 Å². The zero-order chi connectivity index (χ0) is 13.0. The predicted molar refractivity (Wildman–Crippen MR) is 64.3 cm³/mol. The molecule has 1 unspecified atom stereocenters. The number of hydrogen-bond donors (Lipinski definition) is 1. The first-order valence-electron chi connectivity index (χ1n) is 5.38. The van der Waals surface area contributed by atoms with Crippen LogP contribution in [0.3, 0.4) is 0 Å². The van der Waals surface area contributed by atoms with E-state index < -0.39 is 6.04 Å². The van der Waals surface area contributed by atoms with Gasteiger partial charge >= 0.3 is 5.97 Å². The Morgan fingerprint density at radius 2 is 2.11 bits per heavy atom. The fraction of sp³-hybridized carbons (Fsp3) is 0.273. The van der Waals surface area contributed by atoms with Crippen LogP contribution >= 0.6 is 0 Å².